The van der Waals surface area contributed by atoms with Crippen molar-refractivity contribution in [1.29, 1.82) is 0 Å². The number of nitrogen functional groups attached to an aromatic ring is 1. The maximum atomic E-state index is 13.8. The van der Waals surface area contributed by atoms with Crippen LogP contribution in [-0.2, 0) is 13.5 Å². The van der Waals surface area contributed by atoms with E-state index in [0.29, 0.717) is 24.1 Å². The lowest BCUT2D eigenvalue weighted by molar-refractivity contribution is 0.0963. The minimum Gasteiger partial charge on any atom is -0.368 e. The zero-order valence-electron chi connectivity index (χ0n) is 13.6. The van der Waals surface area contributed by atoms with Gasteiger partial charge in [-0.2, -0.15) is 5.10 Å². The molecule has 1 unspecified atom stereocenters. The first-order valence-corrected chi connectivity index (χ1v) is 7.94. The van der Waals surface area contributed by atoms with E-state index in [0.717, 1.165) is 16.7 Å². The molecule has 2 aromatic heterocycles. The van der Waals surface area contributed by atoms with Crippen LogP contribution in [0, 0.1) is 5.82 Å². The van der Waals surface area contributed by atoms with E-state index >= 15 is 0 Å². The van der Waals surface area contributed by atoms with Gasteiger partial charge in [-0.1, -0.05) is 6.07 Å². The van der Waals surface area contributed by atoms with Gasteiger partial charge in [0.1, 0.15) is 5.82 Å². The van der Waals surface area contributed by atoms with Crippen molar-refractivity contribution in [2.45, 2.75) is 18.8 Å². The number of carbonyl (C=O) groups is 1. The summed E-state index contributed by atoms with van der Waals surface area (Å²) in [6.07, 6.45) is 5.91. The van der Waals surface area contributed by atoms with Crippen molar-refractivity contribution in [2.75, 3.05) is 5.73 Å². The van der Waals surface area contributed by atoms with Crippen molar-refractivity contribution in [3.63, 3.8) is 0 Å². The maximum Gasteiger partial charge on any atom is 0.220 e. The van der Waals surface area contributed by atoms with Crippen LogP contribution in [0.1, 0.15) is 34.0 Å². The Kier molecular flexibility index (Phi) is 3.56. The molecule has 0 aliphatic heterocycles. The highest BCUT2D eigenvalue weighted by Gasteiger charge is 2.29. The van der Waals surface area contributed by atoms with Gasteiger partial charge in [-0.25, -0.2) is 14.4 Å². The summed E-state index contributed by atoms with van der Waals surface area (Å²) >= 11 is 0. The second kappa shape index (κ2) is 5.77. The second-order valence-electron chi connectivity index (χ2n) is 6.25. The first-order chi connectivity index (χ1) is 12.0. The quantitative estimate of drug-likeness (QED) is 0.776. The molecule has 6 nitrogen and oxygen atoms in total. The number of halogens is 1. The fourth-order valence-corrected chi connectivity index (χ4v) is 3.38. The summed E-state index contributed by atoms with van der Waals surface area (Å²) in [6.45, 7) is 0. The molecule has 0 amide bonds. The van der Waals surface area contributed by atoms with Crippen LogP contribution in [-0.4, -0.2) is 25.5 Å². The molecular formula is C18H16FN5O. The number of rotatable bonds is 2. The highest BCUT2D eigenvalue weighted by Crippen LogP contribution is 2.37. The van der Waals surface area contributed by atoms with E-state index in [1.807, 2.05) is 13.2 Å². The van der Waals surface area contributed by atoms with Crippen molar-refractivity contribution < 1.29 is 9.18 Å². The summed E-state index contributed by atoms with van der Waals surface area (Å²) in [5.41, 5.74) is 9.30. The molecule has 3 aromatic rings. The Balaban J connectivity index is 1.79. The fourth-order valence-electron chi connectivity index (χ4n) is 3.38. The topological polar surface area (TPSA) is 86.7 Å². The highest BCUT2D eigenvalue weighted by molar-refractivity contribution is 5.98. The molecular weight excluding hydrogens is 321 g/mol. The first kappa shape index (κ1) is 15.4. The predicted octanol–water partition coefficient (Wildman–Crippen LogP) is 2.51. The van der Waals surface area contributed by atoms with E-state index in [1.165, 1.54) is 18.3 Å². The Morgan fingerprint density at radius 2 is 2.08 bits per heavy atom. The molecule has 4 rings (SSSR count). The number of nitrogens with two attached hydrogens (primary N) is 1. The summed E-state index contributed by atoms with van der Waals surface area (Å²) < 4.78 is 15.5. The van der Waals surface area contributed by atoms with Crippen LogP contribution in [0.5, 0.6) is 0 Å². The van der Waals surface area contributed by atoms with Crippen LogP contribution >= 0.6 is 0 Å². The van der Waals surface area contributed by atoms with Crippen LogP contribution < -0.4 is 5.73 Å². The number of aryl methyl sites for hydroxylation is 1. The lowest BCUT2D eigenvalue weighted by Gasteiger charge is -2.25. The third-order valence-corrected chi connectivity index (χ3v) is 4.53. The Morgan fingerprint density at radius 1 is 1.24 bits per heavy atom. The van der Waals surface area contributed by atoms with Gasteiger partial charge in [0.05, 0.1) is 17.5 Å². The Hall–Kier alpha value is -3.09. The average molecular weight is 337 g/mol. The minimum atomic E-state index is -0.322. The Morgan fingerprint density at radius 3 is 2.84 bits per heavy atom. The largest absolute Gasteiger partial charge is 0.368 e. The summed E-state index contributed by atoms with van der Waals surface area (Å²) in [4.78, 5) is 20.6. The number of hydrogen-bond acceptors (Lipinski definition) is 5. The van der Waals surface area contributed by atoms with E-state index in [2.05, 4.69) is 15.1 Å². The van der Waals surface area contributed by atoms with Crippen LogP contribution in [0.15, 0.2) is 36.8 Å². The maximum absolute atomic E-state index is 13.8. The number of nitrogens with zero attached hydrogens (tertiary/aromatic N) is 4. The molecule has 0 spiro atoms. The first-order valence-electron chi connectivity index (χ1n) is 7.94. The number of anilines is 1. The number of hydrogen-bond donors (Lipinski definition) is 1. The van der Waals surface area contributed by atoms with Gasteiger partial charge >= 0.3 is 0 Å². The fraction of sp³-hybridized carbons (Fsp3) is 0.222. The molecule has 25 heavy (non-hydrogen) atoms. The number of ketones is 1. The zero-order valence-corrected chi connectivity index (χ0v) is 13.6. The predicted molar refractivity (Wildman–Crippen MR) is 90.4 cm³/mol. The summed E-state index contributed by atoms with van der Waals surface area (Å²) in [5.74, 6) is -0.284. The molecule has 1 aliphatic carbocycles. The van der Waals surface area contributed by atoms with Crippen LogP contribution in [0.2, 0.25) is 0 Å². The lowest BCUT2D eigenvalue weighted by Crippen LogP contribution is -2.21. The molecule has 126 valence electrons. The minimum absolute atomic E-state index is 0.0206. The third-order valence-electron chi connectivity index (χ3n) is 4.53. The van der Waals surface area contributed by atoms with Crippen molar-refractivity contribution in [3.8, 4) is 11.1 Å². The molecule has 7 heteroatoms. The number of benzene rings is 1. The van der Waals surface area contributed by atoms with E-state index in [9.17, 15) is 9.18 Å². The number of aromatic nitrogens is 4. The van der Waals surface area contributed by atoms with Gasteiger partial charge in [0.15, 0.2) is 5.78 Å². The molecule has 2 N–H and O–H groups in total. The number of carbonyl (C=O) groups excluding carboxylic acids is 1. The molecule has 0 saturated carbocycles. The van der Waals surface area contributed by atoms with E-state index in [-0.39, 0.29) is 23.5 Å². The van der Waals surface area contributed by atoms with Crippen molar-refractivity contribution in [3.05, 3.63) is 59.4 Å². The third kappa shape index (κ3) is 2.77. The highest BCUT2D eigenvalue weighted by atomic mass is 19.1. The van der Waals surface area contributed by atoms with Gasteiger partial charge in [0.2, 0.25) is 5.95 Å². The van der Waals surface area contributed by atoms with Crippen LogP contribution in [0.4, 0.5) is 10.3 Å². The van der Waals surface area contributed by atoms with Gasteiger partial charge in [-0.05, 0) is 35.6 Å². The van der Waals surface area contributed by atoms with Crippen LogP contribution in [0.3, 0.4) is 0 Å². The summed E-state index contributed by atoms with van der Waals surface area (Å²) in [6, 6.07) is 4.65. The summed E-state index contributed by atoms with van der Waals surface area (Å²) in [5, 5.41) is 4.16. The SMILES string of the molecule is Cn1cc(-c2cc(F)ccc2C2CC(=O)c3cnc(N)nc3C2)cn1. The van der Waals surface area contributed by atoms with E-state index in [1.54, 1.807) is 16.9 Å². The van der Waals surface area contributed by atoms with Gasteiger partial charge in [0.25, 0.3) is 0 Å². The Bertz CT molecular complexity index is 981. The monoisotopic (exact) mass is 337 g/mol. The zero-order chi connectivity index (χ0) is 17.6. The van der Waals surface area contributed by atoms with Gasteiger partial charge in [-0.15, -0.1) is 0 Å². The molecule has 0 fully saturated rings. The van der Waals surface area contributed by atoms with E-state index < -0.39 is 0 Å². The smallest absolute Gasteiger partial charge is 0.220 e. The van der Waals surface area contributed by atoms with Crippen molar-refractivity contribution in [1.82, 2.24) is 19.7 Å². The molecule has 2 heterocycles. The van der Waals surface area contributed by atoms with Crippen molar-refractivity contribution >= 4 is 11.7 Å². The normalized spacial score (nSPS) is 16.7. The average Bonchev–Trinajstić information content (AvgIpc) is 3.00. The standard InChI is InChI=1S/C18H16FN5O/c1-24-9-11(7-22-24)14-6-12(19)2-3-13(14)10-4-16-15(17(25)5-10)8-21-18(20)23-16/h2-3,6-10H,4-5H2,1H3,(H2,20,21,23). The molecule has 1 aliphatic rings. The second-order valence-corrected chi connectivity index (χ2v) is 6.25. The number of Topliss-reactive ketones (excluding diaryl/α,β-unsaturated/α-hetero) is 1. The van der Waals surface area contributed by atoms with Gasteiger partial charge < -0.3 is 5.73 Å². The van der Waals surface area contributed by atoms with Crippen molar-refractivity contribution in [2.24, 2.45) is 7.05 Å². The number of fused-ring (bicyclic) bond motifs is 1. The molecule has 1 aromatic carbocycles. The molecule has 0 saturated heterocycles. The van der Waals surface area contributed by atoms with Crippen LogP contribution in [0.25, 0.3) is 11.1 Å². The van der Waals surface area contributed by atoms with Gasteiger partial charge in [-0.3, -0.25) is 9.48 Å². The lowest BCUT2D eigenvalue weighted by atomic mass is 9.79. The molecule has 1 atom stereocenters. The molecule has 0 radical (unpaired) electrons. The Labute approximate surface area is 143 Å². The van der Waals surface area contributed by atoms with Gasteiger partial charge in [0, 0.05) is 31.4 Å². The summed E-state index contributed by atoms with van der Waals surface area (Å²) in [7, 11) is 1.81. The molecule has 0 bridgehead atoms. The van der Waals surface area contributed by atoms with E-state index in [4.69, 9.17) is 5.73 Å².